The van der Waals surface area contributed by atoms with Gasteiger partial charge in [-0.2, -0.15) is 0 Å². The molecule has 0 rings (SSSR count). The van der Waals surface area contributed by atoms with E-state index >= 15 is 0 Å². The van der Waals surface area contributed by atoms with Crippen molar-refractivity contribution in [3.05, 3.63) is 0 Å². The standard InChI is InChI=1S/6CN.Fe.Mn.Na.Ni/c6*1-2;;;;/q;;;;;;-4;+2;+1;+2. The van der Waals surface area contributed by atoms with Gasteiger partial charge in [0.1, 0.15) is 0 Å². The van der Waals surface area contributed by atoms with Crippen LogP contribution < -0.4 is 29.6 Å². The van der Waals surface area contributed by atoms with Crippen molar-refractivity contribution >= 4 is 0 Å². The molecule has 79 valence electrons. The van der Waals surface area contributed by atoms with Crippen LogP contribution in [0.4, 0.5) is 0 Å². The number of nitriles is 6. The van der Waals surface area contributed by atoms with E-state index in [4.69, 9.17) is 31.6 Å². The van der Waals surface area contributed by atoms with Gasteiger partial charge in [0.05, 0.1) is 0 Å². The van der Waals surface area contributed by atoms with Crippen molar-refractivity contribution in [1.82, 2.24) is 0 Å². The van der Waals surface area contributed by atoms with Gasteiger partial charge in [-0.15, -0.1) is 0 Å². The fourth-order valence-electron chi connectivity index (χ4n) is 0.265. The monoisotopic (exact) mass is 348 g/mol. The Bertz CT molecular complexity index is 403. The third-order valence-corrected chi connectivity index (χ3v) is 4.89. The quantitative estimate of drug-likeness (QED) is 0.429. The van der Waals surface area contributed by atoms with E-state index in [0.29, 0.717) is 0 Å². The Morgan fingerprint density at radius 2 is 0.688 bits per heavy atom. The van der Waals surface area contributed by atoms with E-state index in [1.165, 1.54) is 0 Å². The zero-order valence-electron chi connectivity index (χ0n) is 7.73. The molecule has 0 aromatic heterocycles. The van der Waals surface area contributed by atoms with Crippen molar-refractivity contribution in [3.63, 3.8) is 0 Å². The Morgan fingerprint density at radius 1 is 0.562 bits per heavy atom. The fourth-order valence-corrected chi connectivity index (χ4v) is 1.09. The summed E-state index contributed by atoms with van der Waals surface area (Å²) in [6.07, 6.45) is 0. The van der Waals surface area contributed by atoms with E-state index in [9.17, 15) is 0 Å². The Kier molecular flexibility index (Phi) is 9.65. The average molecular weight is 349 g/mol. The summed E-state index contributed by atoms with van der Waals surface area (Å²) in [5.41, 5.74) is 0. The molecule has 0 aliphatic heterocycles. The van der Waals surface area contributed by atoms with Crippen molar-refractivity contribution in [2.24, 2.45) is 0 Å². The van der Waals surface area contributed by atoms with Gasteiger partial charge >= 0.3 is 135 Å². The Balaban J connectivity index is -0.000000240. The van der Waals surface area contributed by atoms with Gasteiger partial charge in [0.25, 0.3) is 0 Å². The summed E-state index contributed by atoms with van der Waals surface area (Å²) in [6.45, 7) is 0. The first-order valence-corrected chi connectivity index (χ1v) is 5.71. The number of nitrogens with zero attached hydrogens (tertiary/aromatic N) is 6. The van der Waals surface area contributed by atoms with Crippen LogP contribution in [0.25, 0.3) is 0 Å². The predicted octanol–water partition coefficient (Wildman–Crippen LogP) is -2.90. The molecule has 0 spiro atoms. The molecule has 6 nitrogen and oxygen atoms in total. The van der Waals surface area contributed by atoms with Gasteiger partial charge in [-0.25, -0.2) is 0 Å². The molecule has 1 radical (unpaired) electrons. The molecule has 0 saturated heterocycles. The molecule has 0 bridgehead atoms. The molecule has 0 amide bonds. The summed E-state index contributed by atoms with van der Waals surface area (Å²) in [5, 5.41) is 51.5. The van der Waals surface area contributed by atoms with Crippen molar-refractivity contribution in [3.8, 4) is 29.8 Å². The molecule has 0 saturated carbocycles. The first-order chi connectivity index (χ1) is 5.97. The molecule has 16 heavy (non-hydrogen) atoms. The molecule has 10 heteroatoms. The fraction of sp³-hybridized carbons (Fsp3) is 0. The minimum atomic E-state index is -6.17. The van der Waals surface area contributed by atoms with Crippen molar-refractivity contribution in [2.75, 3.05) is 0 Å². The Morgan fingerprint density at radius 3 is 0.688 bits per heavy atom. The van der Waals surface area contributed by atoms with Gasteiger partial charge in [-0.3, -0.25) is 0 Å². The molecule has 0 aliphatic rings. The molecule has 0 heterocycles. The van der Waals surface area contributed by atoms with E-state index in [1.54, 1.807) is 0 Å². The topological polar surface area (TPSA) is 143 Å². The first-order valence-electron chi connectivity index (χ1n) is 2.40. The maximum atomic E-state index is 8.58. The second kappa shape index (κ2) is 6.27. The van der Waals surface area contributed by atoms with Crippen LogP contribution in [0, 0.1) is 61.4 Å². The SMILES string of the molecule is N#[C][Fe-4]([C]#N)([C]#N)([C]#N)([C]#N)[C]#N.[Mn+2].[Na+].[Ni+2]. The molecule has 0 atom stereocenters. The number of hydrogen-bond donors (Lipinski definition) is 0. The minimum Gasteiger partial charge on any atom is 1.00 e. The third kappa shape index (κ3) is 2.41. The summed E-state index contributed by atoms with van der Waals surface area (Å²) in [7, 11) is -6.17. The Labute approximate surface area is 134 Å². The molecule has 0 N–H and O–H groups in total. The molecule has 0 fully saturated rings. The van der Waals surface area contributed by atoms with E-state index in [2.05, 4.69) is 0 Å². The summed E-state index contributed by atoms with van der Waals surface area (Å²) >= 11 is 0. The van der Waals surface area contributed by atoms with E-state index in [-0.39, 0.29) is 63.1 Å². The van der Waals surface area contributed by atoms with E-state index in [1.807, 2.05) is 0 Å². The molecule has 0 aromatic carbocycles. The maximum absolute atomic E-state index is 8.58. The summed E-state index contributed by atoms with van der Waals surface area (Å²) < 4.78 is 0. The van der Waals surface area contributed by atoms with Crippen LogP contribution in [0.15, 0.2) is 0 Å². The average Bonchev–Trinajstić information content (AvgIpc) is 2.26. The van der Waals surface area contributed by atoms with Crippen LogP contribution in [-0.4, -0.2) is 0 Å². The molecular formula is C6FeMnN6NaNi+. The van der Waals surface area contributed by atoms with Crippen molar-refractivity contribution < 1.29 is 73.9 Å². The third-order valence-electron chi connectivity index (χ3n) is 1.19. The maximum Gasteiger partial charge on any atom is 2.00 e. The van der Waals surface area contributed by atoms with E-state index in [0.717, 1.165) is 29.8 Å². The van der Waals surface area contributed by atoms with Crippen LogP contribution in [0.5, 0.6) is 0 Å². The number of rotatable bonds is 0. The number of hydrogen-bond acceptors (Lipinski definition) is 6. The normalized spacial score (nSPS) is 10.9. The second-order valence-corrected chi connectivity index (χ2v) is 7.42. The van der Waals surface area contributed by atoms with Gasteiger partial charge in [0.15, 0.2) is 0 Å². The van der Waals surface area contributed by atoms with Crippen molar-refractivity contribution in [1.29, 1.82) is 31.6 Å². The molecule has 0 aromatic rings. The Hall–Kier alpha value is -0.528. The van der Waals surface area contributed by atoms with Crippen LogP contribution >= 0.6 is 0 Å². The van der Waals surface area contributed by atoms with Crippen LogP contribution in [-0.2, 0) is 44.3 Å². The van der Waals surface area contributed by atoms with E-state index < -0.39 is 10.7 Å². The smallest absolute Gasteiger partial charge is 1.00 e. The summed E-state index contributed by atoms with van der Waals surface area (Å²) in [4.78, 5) is 6.19. The van der Waals surface area contributed by atoms with Crippen LogP contribution in [0.1, 0.15) is 0 Å². The minimum absolute atomic E-state index is 0. The molecule has 0 aliphatic carbocycles. The van der Waals surface area contributed by atoms with Crippen LogP contribution in [0.3, 0.4) is 0 Å². The zero-order chi connectivity index (χ0) is 10.7. The molecular weight excluding hydrogens is 349 g/mol. The van der Waals surface area contributed by atoms with Crippen molar-refractivity contribution in [2.45, 2.75) is 0 Å². The zero-order valence-corrected chi connectivity index (χ0v) is 13.0. The summed E-state index contributed by atoms with van der Waals surface area (Å²) in [6, 6.07) is 0. The van der Waals surface area contributed by atoms with Gasteiger partial charge in [0, 0.05) is 0 Å². The first kappa shape index (κ1) is 24.6. The van der Waals surface area contributed by atoms with Crippen LogP contribution in [0.2, 0.25) is 0 Å². The second-order valence-electron chi connectivity index (χ2n) is 1.80. The van der Waals surface area contributed by atoms with Gasteiger partial charge in [-0.05, 0) is 0 Å². The summed E-state index contributed by atoms with van der Waals surface area (Å²) in [5.74, 6) is 0. The van der Waals surface area contributed by atoms with Gasteiger partial charge < -0.3 is 0 Å². The molecule has 0 unspecified atom stereocenters. The van der Waals surface area contributed by atoms with Gasteiger partial charge in [-0.1, -0.05) is 0 Å². The van der Waals surface area contributed by atoms with Gasteiger partial charge in [0.2, 0.25) is 0 Å². The largest absolute Gasteiger partial charge is 2.00 e. The predicted molar refractivity (Wildman–Crippen MR) is 33.7 cm³/mol.